The molecule has 29 heavy (non-hydrogen) atoms. The van der Waals surface area contributed by atoms with Crippen LogP contribution in [0.4, 0.5) is 4.79 Å². The normalized spacial score (nSPS) is 21.2. The van der Waals surface area contributed by atoms with Crippen molar-refractivity contribution in [1.29, 1.82) is 0 Å². The number of nitrogens with zero attached hydrogens (tertiary/aromatic N) is 2. The minimum Gasteiger partial charge on any atom is -0.491 e. The van der Waals surface area contributed by atoms with E-state index in [1.54, 1.807) is 0 Å². The highest BCUT2D eigenvalue weighted by Crippen LogP contribution is 2.45. The molecule has 4 N–H and O–H groups in total. The molecule has 0 saturated carbocycles. The molecule has 2 aliphatic heterocycles. The van der Waals surface area contributed by atoms with Gasteiger partial charge < -0.3 is 15.4 Å². The van der Waals surface area contributed by atoms with E-state index in [2.05, 4.69) is 8.47 Å². The van der Waals surface area contributed by atoms with Gasteiger partial charge in [0.15, 0.2) is 0 Å². The molecule has 1 saturated heterocycles. The van der Waals surface area contributed by atoms with Gasteiger partial charge in [0.05, 0.1) is 6.54 Å². The molecule has 2 aliphatic rings. The number of amides is 3. The van der Waals surface area contributed by atoms with Gasteiger partial charge in [0.25, 0.3) is 0 Å². The fourth-order valence-electron chi connectivity index (χ4n) is 3.18. The first-order valence-electron chi connectivity index (χ1n) is 7.82. The van der Waals surface area contributed by atoms with E-state index in [1.165, 1.54) is 18.2 Å². The van der Waals surface area contributed by atoms with Crippen LogP contribution < -0.4 is 10.5 Å². The van der Waals surface area contributed by atoms with Crippen LogP contribution in [-0.2, 0) is 34.1 Å². The first kappa shape index (κ1) is 21.2. The van der Waals surface area contributed by atoms with Crippen molar-refractivity contribution in [3.05, 3.63) is 29.3 Å². The van der Waals surface area contributed by atoms with Gasteiger partial charge in [0, 0.05) is 0 Å². The second-order valence-corrected chi connectivity index (χ2v) is 8.07. The Morgan fingerprint density at radius 1 is 1.14 bits per heavy atom. The lowest BCUT2D eigenvalue weighted by molar-refractivity contribution is -0.122. The molecule has 1 aromatic carbocycles. The predicted octanol–water partition coefficient (Wildman–Crippen LogP) is -1.06. The molecule has 1 fully saturated rings. The Balaban J connectivity index is 1.90. The fourth-order valence-corrected chi connectivity index (χ4v) is 3.83. The van der Waals surface area contributed by atoms with Crippen molar-refractivity contribution in [2.24, 2.45) is 5.73 Å². The monoisotopic (exact) mass is 453 g/mol. The number of fused-ring (bicyclic) bond motifs is 4. The Morgan fingerprint density at radius 2 is 1.83 bits per heavy atom. The molecule has 14 nitrogen and oxygen atoms in total. The Morgan fingerprint density at radius 3 is 2.41 bits per heavy atom. The number of hydroxylamine groups is 2. The zero-order valence-electron chi connectivity index (χ0n) is 14.4. The van der Waals surface area contributed by atoms with Crippen LogP contribution in [0, 0.1) is 0 Å². The van der Waals surface area contributed by atoms with Gasteiger partial charge in [-0.25, -0.2) is 8.98 Å². The molecule has 0 radical (unpaired) electrons. The van der Waals surface area contributed by atoms with Crippen LogP contribution in [0.5, 0.6) is 5.75 Å². The number of carbonyl (C=O) groups is 2. The average molecular weight is 453 g/mol. The summed E-state index contributed by atoms with van der Waals surface area (Å²) < 4.78 is 74.4. The molecular formula is C13H15N3O11S2. The number of urea groups is 1. The van der Waals surface area contributed by atoms with Crippen molar-refractivity contribution in [2.45, 2.75) is 12.1 Å². The van der Waals surface area contributed by atoms with E-state index in [0.29, 0.717) is 10.6 Å². The standard InChI is InChI=1S/C13H15N3O11S2/c14-12(17)11-8-2-1-7(25-3-4-26-28(19,20)21)5-9(8)10-6-15(11)13(18)16(10)27-29(22,23)24/h1-2,5,10-11H,3-4,6H2,(H2,14,17)(H,19,20,21)(H,22,23,24). The maximum atomic E-state index is 12.5. The first-order valence-corrected chi connectivity index (χ1v) is 10.5. The largest absolute Gasteiger partial charge is 0.491 e. The van der Waals surface area contributed by atoms with Gasteiger partial charge in [-0.1, -0.05) is 6.07 Å². The van der Waals surface area contributed by atoms with E-state index >= 15 is 0 Å². The summed E-state index contributed by atoms with van der Waals surface area (Å²) in [5.74, 6) is -0.715. The highest BCUT2D eigenvalue weighted by atomic mass is 32.3. The van der Waals surface area contributed by atoms with Crippen molar-refractivity contribution in [2.75, 3.05) is 19.8 Å². The van der Waals surface area contributed by atoms with Gasteiger partial charge in [-0.3, -0.25) is 13.9 Å². The summed E-state index contributed by atoms with van der Waals surface area (Å²) in [6.45, 7) is -0.920. The highest BCUT2D eigenvalue weighted by Gasteiger charge is 2.51. The Labute approximate surface area is 164 Å². The second-order valence-electron chi connectivity index (χ2n) is 5.97. The van der Waals surface area contributed by atoms with E-state index in [1.807, 2.05) is 0 Å². The third kappa shape index (κ3) is 4.57. The minimum atomic E-state index is -5.03. The topological polar surface area (TPSA) is 203 Å². The van der Waals surface area contributed by atoms with E-state index in [-0.39, 0.29) is 24.5 Å². The van der Waals surface area contributed by atoms with Crippen LogP contribution in [0.3, 0.4) is 0 Å². The van der Waals surface area contributed by atoms with Crippen LogP contribution in [-0.4, -0.2) is 67.6 Å². The van der Waals surface area contributed by atoms with Gasteiger partial charge >= 0.3 is 26.8 Å². The number of carbonyl (C=O) groups excluding carboxylic acids is 2. The lowest BCUT2D eigenvalue weighted by Crippen LogP contribution is -2.41. The molecule has 3 amide bonds. The van der Waals surface area contributed by atoms with Crippen molar-refractivity contribution in [3.8, 4) is 5.75 Å². The number of nitrogens with two attached hydrogens (primary N) is 1. The maximum Gasteiger partial charge on any atom is 0.418 e. The second kappa shape index (κ2) is 7.39. The molecular weight excluding hydrogens is 438 g/mol. The molecule has 16 heteroatoms. The zero-order chi connectivity index (χ0) is 21.6. The first-order chi connectivity index (χ1) is 13.4. The summed E-state index contributed by atoms with van der Waals surface area (Å²) in [6, 6.07) is 1.00. The van der Waals surface area contributed by atoms with Crippen LogP contribution in [0.15, 0.2) is 18.2 Å². The molecule has 1 aromatic rings. The smallest absolute Gasteiger partial charge is 0.418 e. The molecule has 2 unspecified atom stereocenters. The van der Waals surface area contributed by atoms with Gasteiger partial charge in [-0.15, -0.1) is 4.28 Å². The molecule has 2 atom stereocenters. The summed E-state index contributed by atoms with van der Waals surface area (Å²) in [7, 11) is -9.65. The van der Waals surface area contributed by atoms with E-state index < -0.39 is 51.4 Å². The molecule has 2 bridgehead atoms. The van der Waals surface area contributed by atoms with Gasteiger partial charge in [-0.2, -0.15) is 21.9 Å². The van der Waals surface area contributed by atoms with Crippen LogP contribution in [0.25, 0.3) is 0 Å². The number of rotatable bonds is 8. The molecule has 0 spiro atoms. The average Bonchev–Trinajstić information content (AvgIpc) is 2.84. The highest BCUT2D eigenvalue weighted by molar-refractivity contribution is 7.81. The van der Waals surface area contributed by atoms with Crippen molar-refractivity contribution >= 4 is 32.7 Å². The molecule has 3 rings (SSSR count). The summed E-state index contributed by atoms with van der Waals surface area (Å²) in [6.07, 6.45) is 0. The minimum absolute atomic E-state index is 0.149. The quantitative estimate of drug-likeness (QED) is 0.319. The number of primary amides is 1. The number of hydrogen-bond acceptors (Lipinski definition) is 9. The summed E-state index contributed by atoms with van der Waals surface area (Å²) in [4.78, 5) is 25.4. The molecule has 0 aliphatic carbocycles. The van der Waals surface area contributed by atoms with Crippen LogP contribution in [0.1, 0.15) is 23.2 Å². The summed E-state index contributed by atoms with van der Waals surface area (Å²) in [5, 5.41) is 0.405. The molecule has 2 heterocycles. The number of ether oxygens (including phenoxy) is 1. The van der Waals surface area contributed by atoms with Crippen molar-refractivity contribution < 1.29 is 48.7 Å². The van der Waals surface area contributed by atoms with E-state index in [4.69, 9.17) is 19.6 Å². The third-order valence-corrected chi connectivity index (χ3v) is 4.95. The molecule has 0 aromatic heterocycles. The van der Waals surface area contributed by atoms with Crippen molar-refractivity contribution in [1.82, 2.24) is 9.96 Å². The Hall–Kier alpha value is -2.50. The lowest BCUT2D eigenvalue weighted by Gasteiger charge is -2.30. The molecule has 160 valence electrons. The van der Waals surface area contributed by atoms with E-state index in [9.17, 15) is 26.4 Å². The zero-order valence-corrected chi connectivity index (χ0v) is 16.0. The van der Waals surface area contributed by atoms with E-state index in [0.717, 1.165) is 4.90 Å². The van der Waals surface area contributed by atoms with Gasteiger partial charge in [0.2, 0.25) is 5.91 Å². The number of hydrogen-bond donors (Lipinski definition) is 3. The Kier molecular flexibility index (Phi) is 5.41. The predicted molar refractivity (Wildman–Crippen MR) is 90.7 cm³/mol. The summed E-state index contributed by atoms with van der Waals surface area (Å²) >= 11 is 0. The Bertz CT molecular complexity index is 1060. The van der Waals surface area contributed by atoms with Gasteiger partial charge in [-0.05, 0) is 23.3 Å². The fraction of sp³-hybridized carbons (Fsp3) is 0.385. The number of benzene rings is 1. The van der Waals surface area contributed by atoms with Crippen LogP contribution in [0.2, 0.25) is 0 Å². The van der Waals surface area contributed by atoms with Crippen molar-refractivity contribution in [3.63, 3.8) is 0 Å². The maximum absolute atomic E-state index is 12.5. The SMILES string of the molecule is NC(=O)C1c2ccc(OCCOS(=O)(=O)O)cc2C2CN1C(=O)N2OS(=O)(=O)O. The van der Waals surface area contributed by atoms with Crippen LogP contribution >= 0.6 is 0 Å². The van der Waals surface area contributed by atoms with Gasteiger partial charge in [0.1, 0.15) is 31.0 Å². The third-order valence-electron chi connectivity index (χ3n) is 4.14. The summed E-state index contributed by atoms with van der Waals surface area (Å²) in [5.41, 5.74) is 5.96. The lowest BCUT2D eigenvalue weighted by atomic mass is 9.90.